The van der Waals surface area contributed by atoms with E-state index in [2.05, 4.69) is 10.6 Å². The molecule has 0 saturated heterocycles. The first-order valence-corrected chi connectivity index (χ1v) is 6.32. The quantitative estimate of drug-likeness (QED) is 0.767. The summed E-state index contributed by atoms with van der Waals surface area (Å²) in [6.07, 6.45) is 0.741. The fraction of sp³-hybridized carbons (Fsp3) is 0.429. The van der Waals surface area contributed by atoms with Crippen LogP contribution >= 0.6 is 0 Å². The van der Waals surface area contributed by atoms with E-state index < -0.39 is 0 Å². The molecule has 1 aromatic rings. The summed E-state index contributed by atoms with van der Waals surface area (Å²) in [6.45, 7) is 4.37. The summed E-state index contributed by atoms with van der Waals surface area (Å²) in [4.78, 5) is 23.1. The van der Waals surface area contributed by atoms with Crippen LogP contribution in [0, 0.1) is 5.41 Å². The van der Waals surface area contributed by atoms with Crippen LogP contribution in [0.3, 0.4) is 0 Å². The molecule has 0 aliphatic carbocycles. The molecular weight excluding hydrogens is 242 g/mol. The molecule has 1 aromatic carbocycles. The van der Waals surface area contributed by atoms with Crippen LogP contribution in [-0.4, -0.2) is 18.4 Å². The average molecular weight is 261 g/mol. The minimum Gasteiger partial charge on any atom is -0.330 e. The molecule has 0 spiro atoms. The van der Waals surface area contributed by atoms with Crippen LogP contribution in [0.25, 0.3) is 0 Å². The number of benzene rings is 1. The van der Waals surface area contributed by atoms with Gasteiger partial charge in [-0.1, -0.05) is 13.8 Å². The number of rotatable bonds is 4. The topological polar surface area (TPSA) is 84.2 Å². The van der Waals surface area contributed by atoms with E-state index in [0.29, 0.717) is 25.1 Å². The summed E-state index contributed by atoms with van der Waals surface area (Å²) in [5.74, 6) is -0.0737. The number of carbonyl (C=O) groups is 2. The Morgan fingerprint density at radius 3 is 2.89 bits per heavy atom. The molecule has 1 heterocycles. The van der Waals surface area contributed by atoms with Crippen molar-refractivity contribution in [3.8, 4) is 0 Å². The van der Waals surface area contributed by atoms with Gasteiger partial charge in [-0.25, -0.2) is 0 Å². The number of nitrogens with one attached hydrogen (secondary N) is 2. The Kier molecular flexibility index (Phi) is 3.57. The standard InChI is InChI=1S/C14H19N3O2/c1-14(2,8-15)7-13(19)16-10-3-4-11-9(5-10)6-12(18)17-11/h3-5H,6-8,15H2,1-2H3,(H,16,19)(H,17,18). The molecule has 4 N–H and O–H groups in total. The van der Waals surface area contributed by atoms with E-state index >= 15 is 0 Å². The molecule has 1 aliphatic rings. The molecule has 0 unspecified atom stereocenters. The zero-order valence-electron chi connectivity index (χ0n) is 11.2. The zero-order chi connectivity index (χ0) is 14.0. The van der Waals surface area contributed by atoms with Crippen LogP contribution in [0.4, 0.5) is 11.4 Å². The fourth-order valence-corrected chi connectivity index (χ4v) is 2.02. The van der Waals surface area contributed by atoms with Gasteiger partial charge in [0, 0.05) is 17.8 Å². The van der Waals surface area contributed by atoms with Crippen molar-refractivity contribution in [1.82, 2.24) is 0 Å². The highest BCUT2D eigenvalue weighted by molar-refractivity contribution is 6.00. The molecule has 1 aliphatic heterocycles. The summed E-state index contributed by atoms with van der Waals surface area (Å²) in [6, 6.07) is 5.43. The Bertz CT molecular complexity index is 523. The third kappa shape index (κ3) is 3.32. The number of hydrogen-bond acceptors (Lipinski definition) is 3. The second-order valence-electron chi connectivity index (χ2n) is 5.69. The van der Waals surface area contributed by atoms with E-state index in [4.69, 9.17) is 5.73 Å². The van der Waals surface area contributed by atoms with Gasteiger partial charge in [0.15, 0.2) is 0 Å². The summed E-state index contributed by atoms with van der Waals surface area (Å²) in [5.41, 5.74) is 7.86. The van der Waals surface area contributed by atoms with Crippen LogP contribution in [-0.2, 0) is 16.0 Å². The first-order valence-electron chi connectivity index (χ1n) is 6.32. The molecule has 2 amide bonds. The maximum atomic E-state index is 11.9. The zero-order valence-corrected chi connectivity index (χ0v) is 11.2. The van der Waals surface area contributed by atoms with Gasteiger partial charge in [-0.3, -0.25) is 9.59 Å². The molecule has 0 radical (unpaired) electrons. The lowest BCUT2D eigenvalue weighted by Crippen LogP contribution is -2.29. The Labute approximate surface area is 112 Å². The van der Waals surface area contributed by atoms with Crippen LogP contribution in [0.15, 0.2) is 18.2 Å². The van der Waals surface area contributed by atoms with Crippen molar-refractivity contribution in [3.05, 3.63) is 23.8 Å². The van der Waals surface area contributed by atoms with Crippen molar-refractivity contribution in [2.45, 2.75) is 26.7 Å². The second kappa shape index (κ2) is 5.01. The second-order valence-corrected chi connectivity index (χ2v) is 5.69. The van der Waals surface area contributed by atoms with Crippen molar-refractivity contribution < 1.29 is 9.59 Å². The van der Waals surface area contributed by atoms with E-state index in [1.807, 2.05) is 26.0 Å². The van der Waals surface area contributed by atoms with Crippen LogP contribution < -0.4 is 16.4 Å². The lowest BCUT2D eigenvalue weighted by atomic mass is 9.89. The molecule has 5 heteroatoms. The van der Waals surface area contributed by atoms with Crippen LogP contribution in [0.5, 0.6) is 0 Å². The first kappa shape index (κ1) is 13.5. The van der Waals surface area contributed by atoms with Crippen LogP contribution in [0.2, 0.25) is 0 Å². The number of hydrogen-bond donors (Lipinski definition) is 3. The third-order valence-electron chi connectivity index (χ3n) is 3.21. The van der Waals surface area contributed by atoms with E-state index in [9.17, 15) is 9.59 Å². The molecule has 5 nitrogen and oxygen atoms in total. The average Bonchev–Trinajstić information content (AvgIpc) is 2.67. The maximum absolute atomic E-state index is 11.9. The molecule has 0 atom stereocenters. The van der Waals surface area contributed by atoms with Gasteiger partial charge in [-0.05, 0) is 35.7 Å². The Morgan fingerprint density at radius 2 is 2.21 bits per heavy atom. The van der Waals surface area contributed by atoms with Gasteiger partial charge in [0.2, 0.25) is 11.8 Å². The summed E-state index contributed by atoms with van der Waals surface area (Å²) >= 11 is 0. The van der Waals surface area contributed by atoms with Crippen LogP contribution in [0.1, 0.15) is 25.8 Å². The number of anilines is 2. The number of nitrogens with two attached hydrogens (primary N) is 1. The van der Waals surface area contributed by atoms with Gasteiger partial charge < -0.3 is 16.4 Å². The number of fused-ring (bicyclic) bond motifs is 1. The van der Waals surface area contributed by atoms with Crippen molar-refractivity contribution in [3.63, 3.8) is 0 Å². The highest BCUT2D eigenvalue weighted by atomic mass is 16.2. The van der Waals surface area contributed by atoms with Gasteiger partial charge in [0.05, 0.1) is 6.42 Å². The number of carbonyl (C=O) groups excluding carboxylic acids is 2. The molecule has 0 aromatic heterocycles. The van der Waals surface area contributed by atoms with Gasteiger partial charge in [-0.2, -0.15) is 0 Å². The van der Waals surface area contributed by atoms with E-state index in [0.717, 1.165) is 11.3 Å². The van der Waals surface area contributed by atoms with Crippen molar-refractivity contribution in [1.29, 1.82) is 0 Å². The van der Waals surface area contributed by atoms with Crippen molar-refractivity contribution >= 4 is 23.2 Å². The van der Waals surface area contributed by atoms with Crippen molar-refractivity contribution in [2.24, 2.45) is 11.1 Å². The molecule has 0 saturated carbocycles. The third-order valence-corrected chi connectivity index (χ3v) is 3.21. The molecule has 19 heavy (non-hydrogen) atoms. The van der Waals surface area contributed by atoms with E-state index in [1.165, 1.54) is 0 Å². The first-order chi connectivity index (χ1) is 8.89. The molecule has 102 valence electrons. The Morgan fingerprint density at radius 1 is 1.47 bits per heavy atom. The minimum absolute atomic E-state index is 0.0114. The Hall–Kier alpha value is -1.88. The SMILES string of the molecule is CC(C)(CN)CC(=O)Nc1ccc2c(c1)CC(=O)N2. The Balaban J connectivity index is 2.03. The van der Waals surface area contributed by atoms with Crippen molar-refractivity contribution in [2.75, 3.05) is 17.2 Å². The smallest absolute Gasteiger partial charge is 0.228 e. The fourth-order valence-electron chi connectivity index (χ4n) is 2.02. The van der Waals surface area contributed by atoms with E-state index in [-0.39, 0.29) is 17.2 Å². The maximum Gasteiger partial charge on any atom is 0.228 e. The molecular formula is C14H19N3O2. The summed E-state index contributed by atoms with van der Waals surface area (Å²) in [5, 5.41) is 5.60. The lowest BCUT2D eigenvalue weighted by Gasteiger charge is -2.21. The van der Waals surface area contributed by atoms with Gasteiger partial charge >= 0.3 is 0 Å². The normalized spacial score (nSPS) is 13.9. The largest absolute Gasteiger partial charge is 0.330 e. The van der Waals surface area contributed by atoms with E-state index in [1.54, 1.807) is 6.07 Å². The lowest BCUT2D eigenvalue weighted by molar-refractivity contribution is -0.118. The minimum atomic E-state index is -0.210. The molecule has 2 rings (SSSR count). The van der Waals surface area contributed by atoms with Gasteiger partial charge in [-0.15, -0.1) is 0 Å². The molecule has 0 fully saturated rings. The number of amides is 2. The predicted octanol–water partition coefficient (Wildman–Crippen LogP) is 1.49. The highest BCUT2D eigenvalue weighted by Crippen LogP contribution is 2.26. The van der Waals surface area contributed by atoms with Gasteiger partial charge in [0.1, 0.15) is 0 Å². The van der Waals surface area contributed by atoms with Gasteiger partial charge in [0.25, 0.3) is 0 Å². The monoisotopic (exact) mass is 261 g/mol. The molecule has 0 bridgehead atoms. The summed E-state index contributed by atoms with van der Waals surface area (Å²) < 4.78 is 0. The summed E-state index contributed by atoms with van der Waals surface area (Å²) in [7, 11) is 0. The highest BCUT2D eigenvalue weighted by Gasteiger charge is 2.21. The predicted molar refractivity (Wildman–Crippen MR) is 74.9 cm³/mol.